The molecule has 1 N–H and O–H groups in total. The second-order valence-electron chi connectivity index (χ2n) is 4.26. The molecule has 1 aromatic carbocycles. The van der Waals surface area contributed by atoms with Crippen molar-refractivity contribution in [3.05, 3.63) is 34.1 Å². The van der Waals surface area contributed by atoms with Crippen LogP contribution in [0.4, 0.5) is 17.6 Å². The molecular formula is C13H16BrF4N. The number of rotatable bonds is 6. The Morgan fingerprint density at radius 1 is 1.32 bits per heavy atom. The molecule has 1 rings (SSSR count). The van der Waals surface area contributed by atoms with E-state index in [1.54, 1.807) is 12.1 Å². The molecule has 1 unspecified atom stereocenters. The van der Waals surface area contributed by atoms with Gasteiger partial charge in [0.05, 0.1) is 4.47 Å². The molecule has 1 aromatic rings. The van der Waals surface area contributed by atoms with Crippen LogP contribution in [0.25, 0.3) is 0 Å². The fourth-order valence-corrected chi connectivity index (χ4v) is 2.45. The second-order valence-corrected chi connectivity index (χ2v) is 5.05. The van der Waals surface area contributed by atoms with Gasteiger partial charge in [-0.2, -0.15) is 13.2 Å². The summed E-state index contributed by atoms with van der Waals surface area (Å²) in [5.41, 5.74) is 0.657. The van der Waals surface area contributed by atoms with E-state index >= 15 is 0 Å². The van der Waals surface area contributed by atoms with Crippen molar-refractivity contribution in [2.24, 2.45) is 0 Å². The average Bonchev–Trinajstić information content (AvgIpc) is 2.30. The number of hydrogen-bond donors (Lipinski definition) is 1. The van der Waals surface area contributed by atoms with E-state index in [1.165, 1.54) is 6.07 Å². The van der Waals surface area contributed by atoms with E-state index in [0.29, 0.717) is 23.0 Å². The fraction of sp³-hybridized carbons (Fsp3) is 0.538. The molecule has 0 aliphatic carbocycles. The first kappa shape index (κ1) is 16.4. The Morgan fingerprint density at radius 2 is 2.00 bits per heavy atom. The van der Waals surface area contributed by atoms with Gasteiger partial charge in [-0.15, -0.1) is 0 Å². The van der Waals surface area contributed by atoms with E-state index in [9.17, 15) is 17.6 Å². The topological polar surface area (TPSA) is 12.0 Å². The van der Waals surface area contributed by atoms with Crippen LogP contribution in [-0.2, 0) is 0 Å². The lowest BCUT2D eigenvalue weighted by Crippen LogP contribution is -2.22. The summed E-state index contributed by atoms with van der Waals surface area (Å²) in [6.45, 7) is 2.48. The van der Waals surface area contributed by atoms with Gasteiger partial charge in [-0.3, -0.25) is 0 Å². The molecule has 6 heteroatoms. The molecule has 0 heterocycles. The summed E-state index contributed by atoms with van der Waals surface area (Å²) in [6.07, 6.45) is -4.63. The molecule has 0 spiro atoms. The number of halogens is 5. The van der Waals surface area contributed by atoms with Crippen molar-refractivity contribution in [2.45, 2.75) is 38.4 Å². The monoisotopic (exact) mass is 341 g/mol. The maximum atomic E-state index is 13.4. The van der Waals surface area contributed by atoms with Crippen molar-refractivity contribution in [2.75, 3.05) is 6.54 Å². The van der Waals surface area contributed by atoms with Gasteiger partial charge in [0.15, 0.2) is 0 Å². The van der Waals surface area contributed by atoms with Gasteiger partial charge in [0, 0.05) is 12.5 Å². The highest BCUT2D eigenvalue weighted by Gasteiger charge is 2.27. The molecule has 0 saturated carbocycles. The number of hydrogen-bond acceptors (Lipinski definition) is 1. The van der Waals surface area contributed by atoms with Crippen molar-refractivity contribution in [3.8, 4) is 0 Å². The summed E-state index contributed by atoms with van der Waals surface area (Å²) in [7, 11) is 0. The predicted octanol–water partition coefficient (Wildman–Crippen LogP) is 4.97. The molecule has 0 aliphatic rings. The van der Waals surface area contributed by atoms with Crippen LogP contribution in [0.2, 0.25) is 0 Å². The third-order valence-corrected chi connectivity index (χ3v) is 3.60. The Kier molecular flexibility index (Phi) is 6.26. The summed E-state index contributed by atoms with van der Waals surface area (Å²) in [5.74, 6) is -0.406. The smallest absolute Gasteiger partial charge is 0.310 e. The summed E-state index contributed by atoms with van der Waals surface area (Å²) in [5, 5.41) is 3.09. The lowest BCUT2D eigenvalue weighted by molar-refractivity contribution is -0.135. The highest BCUT2D eigenvalue weighted by molar-refractivity contribution is 9.10. The highest BCUT2D eigenvalue weighted by atomic mass is 79.9. The minimum absolute atomic E-state index is 0.0180. The van der Waals surface area contributed by atoms with Crippen LogP contribution in [0, 0.1) is 5.82 Å². The Labute approximate surface area is 118 Å². The third kappa shape index (κ3) is 5.48. The van der Waals surface area contributed by atoms with Crippen molar-refractivity contribution >= 4 is 15.9 Å². The zero-order chi connectivity index (χ0) is 14.5. The van der Waals surface area contributed by atoms with Crippen LogP contribution < -0.4 is 5.32 Å². The van der Waals surface area contributed by atoms with Crippen molar-refractivity contribution in [3.63, 3.8) is 0 Å². The third-order valence-electron chi connectivity index (χ3n) is 2.76. The van der Waals surface area contributed by atoms with Crippen LogP contribution in [0.1, 0.15) is 37.8 Å². The normalized spacial score (nSPS) is 13.6. The first-order valence-electron chi connectivity index (χ1n) is 6.09. The maximum absolute atomic E-state index is 13.4. The van der Waals surface area contributed by atoms with Gasteiger partial charge < -0.3 is 5.32 Å². The Balaban J connectivity index is 2.74. The lowest BCUT2D eigenvalue weighted by Gasteiger charge is -2.20. The van der Waals surface area contributed by atoms with Crippen molar-refractivity contribution < 1.29 is 17.6 Å². The van der Waals surface area contributed by atoms with Crippen LogP contribution >= 0.6 is 15.9 Å². The van der Waals surface area contributed by atoms with Crippen molar-refractivity contribution in [1.29, 1.82) is 0 Å². The van der Waals surface area contributed by atoms with Gasteiger partial charge in [-0.05, 0) is 46.9 Å². The van der Waals surface area contributed by atoms with E-state index < -0.39 is 18.4 Å². The number of nitrogens with one attached hydrogen (secondary N) is 1. The quantitative estimate of drug-likeness (QED) is 0.720. The zero-order valence-corrected chi connectivity index (χ0v) is 12.1. The van der Waals surface area contributed by atoms with Gasteiger partial charge in [-0.25, -0.2) is 4.39 Å². The first-order valence-corrected chi connectivity index (χ1v) is 6.88. The second kappa shape index (κ2) is 7.24. The Hall–Kier alpha value is -0.620. The van der Waals surface area contributed by atoms with Crippen LogP contribution in [0.3, 0.4) is 0 Å². The molecule has 108 valence electrons. The number of benzene rings is 1. The number of alkyl halides is 3. The molecule has 1 nitrogen and oxygen atoms in total. The average molecular weight is 342 g/mol. The molecule has 1 atom stereocenters. The summed E-state index contributed by atoms with van der Waals surface area (Å²) in [6, 6.07) is 4.31. The van der Waals surface area contributed by atoms with Gasteiger partial charge in [0.1, 0.15) is 5.82 Å². The van der Waals surface area contributed by atoms with Gasteiger partial charge in [0.25, 0.3) is 0 Å². The van der Waals surface area contributed by atoms with Gasteiger partial charge in [-0.1, -0.05) is 19.1 Å². The van der Waals surface area contributed by atoms with Crippen LogP contribution in [-0.4, -0.2) is 12.7 Å². The lowest BCUT2D eigenvalue weighted by atomic mass is 10.0. The van der Waals surface area contributed by atoms with Crippen molar-refractivity contribution in [1.82, 2.24) is 5.32 Å². The predicted molar refractivity (Wildman–Crippen MR) is 70.4 cm³/mol. The summed E-state index contributed by atoms with van der Waals surface area (Å²) < 4.78 is 50.2. The molecule has 0 fully saturated rings. The van der Waals surface area contributed by atoms with E-state index in [2.05, 4.69) is 21.2 Å². The minimum atomic E-state index is -4.14. The maximum Gasteiger partial charge on any atom is 0.389 e. The molecule has 0 aliphatic heterocycles. The minimum Gasteiger partial charge on any atom is -0.310 e. The molecule has 0 saturated heterocycles. The van der Waals surface area contributed by atoms with E-state index in [0.717, 1.165) is 0 Å². The van der Waals surface area contributed by atoms with E-state index in [1.807, 2.05) is 6.92 Å². The molecule has 0 aromatic heterocycles. The molecular weight excluding hydrogens is 326 g/mol. The molecule has 0 bridgehead atoms. The highest BCUT2D eigenvalue weighted by Crippen LogP contribution is 2.31. The zero-order valence-electron chi connectivity index (χ0n) is 10.5. The summed E-state index contributed by atoms with van der Waals surface area (Å²) >= 11 is 3.14. The van der Waals surface area contributed by atoms with Gasteiger partial charge in [0.2, 0.25) is 0 Å². The van der Waals surface area contributed by atoms with Crippen LogP contribution in [0.15, 0.2) is 22.7 Å². The fourth-order valence-electron chi connectivity index (χ4n) is 1.91. The standard InChI is InChI=1S/C13H16BrF4N/c1-2-19-11(7-4-8-13(16,17)18)9-5-3-6-10(15)12(9)14/h3,5-6,11,19H,2,4,7-8H2,1H3. The van der Waals surface area contributed by atoms with E-state index in [-0.39, 0.29) is 12.5 Å². The van der Waals surface area contributed by atoms with Gasteiger partial charge >= 0.3 is 6.18 Å². The Morgan fingerprint density at radius 3 is 2.58 bits per heavy atom. The van der Waals surface area contributed by atoms with E-state index in [4.69, 9.17) is 0 Å². The Bertz CT molecular complexity index is 406. The molecule has 19 heavy (non-hydrogen) atoms. The summed E-state index contributed by atoms with van der Waals surface area (Å²) in [4.78, 5) is 0. The molecule has 0 amide bonds. The largest absolute Gasteiger partial charge is 0.389 e. The SMILES string of the molecule is CCNC(CCCC(F)(F)F)c1cccc(F)c1Br. The first-order chi connectivity index (χ1) is 8.85. The molecule has 0 radical (unpaired) electrons. The van der Waals surface area contributed by atoms with Crippen LogP contribution in [0.5, 0.6) is 0 Å².